The molecule has 2 amide bonds. The molecule has 0 aromatic carbocycles. The summed E-state index contributed by atoms with van der Waals surface area (Å²) in [5.74, 6) is -0.186. The molecule has 0 saturated carbocycles. The number of hydrogen-bond donors (Lipinski definition) is 1. The topological polar surface area (TPSA) is 65.5 Å². The van der Waals surface area contributed by atoms with E-state index >= 15 is 0 Å². The number of thiazole rings is 1. The van der Waals surface area contributed by atoms with Crippen molar-refractivity contribution in [2.24, 2.45) is 5.92 Å². The van der Waals surface area contributed by atoms with Crippen LogP contribution in [-0.4, -0.2) is 60.3 Å². The molecule has 23 heavy (non-hydrogen) atoms. The fraction of sp³-hybridized carbons (Fsp3) is 0.688. The Kier molecular flexibility index (Phi) is 6.12. The Morgan fingerprint density at radius 1 is 1.48 bits per heavy atom. The van der Waals surface area contributed by atoms with Crippen molar-refractivity contribution in [2.45, 2.75) is 33.2 Å². The van der Waals surface area contributed by atoms with E-state index in [2.05, 4.69) is 17.2 Å². The summed E-state index contributed by atoms with van der Waals surface area (Å²) in [6.45, 7) is 6.58. The Morgan fingerprint density at radius 2 is 2.22 bits per heavy atom. The number of carbonyl (C=O) groups excluding carboxylic acids is 2. The number of likely N-dealkylation sites (N-methyl/N-ethyl adjacent to an activating group) is 1. The highest BCUT2D eigenvalue weighted by Gasteiger charge is 2.33. The van der Waals surface area contributed by atoms with Crippen molar-refractivity contribution in [3.05, 3.63) is 15.6 Å². The SMILES string of the molecule is CCc1nc(C)c(CNC(=O)C2CC(=O)N(CCN(C)C)C2)s1. The third-order valence-corrected chi connectivity index (χ3v) is 5.37. The van der Waals surface area contributed by atoms with E-state index in [1.807, 2.05) is 25.9 Å². The molecule has 6 nitrogen and oxygen atoms in total. The summed E-state index contributed by atoms with van der Waals surface area (Å²) in [6, 6.07) is 0. The molecule has 2 rings (SSSR count). The first-order valence-corrected chi connectivity index (χ1v) is 8.87. The Balaban J connectivity index is 1.84. The Bertz CT molecular complexity index is 570. The average molecular weight is 338 g/mol. The van der Waals surface area contributed by atoms with Gasteiger partial charge in [-0.15, -0.1) is 11.3 Å². The molecule has 1 aliphatic rings. The van der Waals surface area contributed by atoms with Crippen LogP contribution < -0.4 is 5.32 Å². The van der Waals surface area contributed by atoms with E-state index in [4.69, 9.17) is 0 Å². The van der Waals surface area contributed by atoms with Crippen LogP contribution in [0.3, 0.4) is 0 Å². The van der Waals surface area contributed by atoms with Gasteiger partial charge in [0, 0.05) is 30.9 Å². The van der Waals surface area contributed by atoms with Crippen LogP contribution >= 0.6 is 11.3 Å². The van der Waals surface area contributed by atoms with E-state index in [9.17, 15) is 9.59 Å². The van der Waals surface area contributed by atoms with Crippen LogP contribution in [0.4, 0.5) is 0 Å². The molecule has 0 aliphatic carbocycles. The van der Waals surface area contributed by atoms with Crippen LogP contribution in [0.5, 0.6) is 0 Å². The van der Waals surface area contributed by atoms with Gasteiger partial charge < -0.3 is 15.1 Å². The zero-order valence-electron chi connectivity index (χ0n) is 14.4. The molecule has 0 bridgehead atoms. The summed E-state index contributed by atoms with van der Waals surface area (Å²) in [4.78, 5) is 33.7. The summed E-state index contributed by atoms with van der Waals surface area (Å²) in [7, 11) is 3.96. The molecule has 1 aliphatic heterocycles. The van der Waals surface area contributed by atoms with Crippen LogP contribution in [0, 0.1) is 12.8 Å². The van der Waals surface area contributed by atoms with Crippen LogP contribution in [0.15, 0.2) is 0 Å². The second kappa shape index (κ2) is 7.88. The maximum absolute atomic E-state index is 12.3. The van der Waals surface area contributed by atoms with Gasteiger partial charge in [0.05, 0.1) is 23.2 Å². The van der Waals surface area contributed by atoms with E-state index < -0.39 is 0 Å². The van der Waals surface area contributed by atoms with Crippen molar-refractivity contribution in [3.8, 4) is 0 Å². The minimum absolute atomic E-state index is 0.0310. The molecule has 0 spiro atoms. The molecule has 2 heterocycles. The van der Waals surface area contributed by atoms with Crippen molar-refractivity contribution in [1.82, 2.24) is 20.1 Å². The number of aromatic nitrogens is 1. The molecule has 7 heteroatoms. The second-order valence-electron chi connectivity index (χ2n) is 6.23. The maximum atomic E-state index is 12.3. The molecule has 1 unspecified atom stereocenters. The van der Waals surface area contributed by atoms with Gasteiger partial charge in [-0.1, -0.05) is 6.92 Å². The molecule has 1 saturated heterocycles. The van der Waals surface area contributed by atoms with Crippen molar-refractivity contribution >= 4 is 23.2 Å². The highest BCUT2D eigenvalue weighted by molar-refractivity contribution is 7.11. The highest BCUT2D eigenvalue weighted by atomic mass is 32.1. The first-order chi connectivity index (χ1) is 10.9. The minimum atomic E-state index is -0.233. The van der Waals surface area contributed by atoms with Crippen molar-refractivity contribution in [3.63, 3.8) is 0 Å². The second-order valence-corrected chi connectivity index (χ2v) is 7.40. The van der Waals surface area contributed by atoms with Crippen molar-refractivity contribution < 1.29 is 9.59 Å². The number of aryl methyl sites for hydroxylation is 2. The van der Waals surface area contributed by atoms with Gasteiger partial charge in [0.15, 0.2) is 0 Å². The Morgan fingerprint density at radius 3 is 2.83 bits per heavy atom. The number of likely N-dealkylation sites (tertiary alicyclic amines) is 1. The molecular weight excluding hydrogens is 312 g/mol. The molecule has 1 aromatic rings. The number of nitrogens with zero attached hydrogens (tertiary/aromatic N) is 3. The van der Waals surface area contributed by atoms with Crippen LogP contribution in [0.2, 0.25) is 0 Å². The summed E-state index contributed by atoms with van der Waals surface area (Å²) in [6.07, 6.45) is 1.23. The number of nitrogens with one attached hydrogen (secondary N) is 1. The summed E-state index contributed by atoms with van der Waals surface area (Å²) in [5, 5.41) is 4.06. The third-order valence-electron chi connectivity index (χ3n) is 4.07. The monoisotopic (exact) mass is 338 g/mol. The van der Waals surface area contributed by atoms with E-state index in [0.717, 1.165) is 28.5 Å². The lowest BCUT2D eigenvalue weighted by Crippen LogP contribution is -2.35. The average Bonchev–Trinajstić information content (AvgIpc) is 3.05. The smallest absolute Gasteiger partial charge is 0.225 e. The largest absolute Gasteiger partial charge is 0.351 e. The van der Waals surface area contributed by atoms with E-state index in [0.29, 0.717) is 26.1 Å². The molecule has 1 aromatic heterocycles. The van der Waals surface area contributed by atoms with Gasteiger partial charge in [-0.2, -0.15) is 0 Å². The van der Waals surface area contributed by atoms with Crippen LogP contribution in [0.25, 0.3) is 0 Å². The van der Waals surface area contributed by atoms with Crippen molar-refractivity contribution in [1.29, 1.82) is 0 Å². The number of amides is 2. The number of hydrogen-bond acceptors (Lipinski definition) is 5. The zero-order chi connectivity index (χ0) is 17.0. The fourth-order valence-corrected chi connectivity index (χ4v) is 3.55. The molecule has 0 radical (unpaired) electrons. The van der Waals surface area contributed by atoms with Crippen molar-refractivity contribution in [2.75, 3.05) is 33.7 Å². The highest BCUT2D eigenvalue weighted by Crippen LogP contribution is 2.20. The molecular formula is C16H26N4O2S. The first kappa shape index (κ1) is 17.9. The lowest BCUT2D eigenvalue weighted by atomic mass is 10.1. The Labute approximate surface area is 141 Å². The predicted molar refractivity (Wildman–Crippen MR) is 91.3 cm³/mol. The summed E-state index contributed by atoms with van der Waals surface area (Å²) < 4.78 is 0. The molecule has 1 N–H and O–H groups in total. The van der Waals surface area contributed by atoms with Gasteiger partial charge in [0.1, 0.15) is 0 Å². The first-order valence-electron chi connectivity index (χ1n) is 8.06. The Hall–Kier alpha value is -1.47. The number of rotatable bonds is 7. The van der Waals surface area contributed by atoms with E-state index in [1.54, 1.807) is 16.2 Å². The lowest BCUT2D eigenvalue weighted by Gasteiger charge is -2.19. The van der Waals surface area contributed by atoms with Gasteiger partial charge in [0.2, 0.25) is 11.8 Å². The van der Waals surface area contributed by atoms with Crippen LogP contribution in [0.1, 0.15) is 28.9 Å². The van der Waals surface area contributed by atoms with Gasteiger partial charge in [0.25, 0.3) is 0 Å². The third kappa shape index (κ3) is 4.75. The van der Waals surface area contributed by atoms with Gasteiger partial charge in [-0.25, -0.2) is 4.98 Å². The number of carbonyl (C=O) groups is 2. The van der Waals surface area contributed by atoms with E-state index in [-0.39, 0.29) is 17.7 Å². The quantitative estimate of drug-likeness (QED) is 0.807. The van der Waals surface area contributed by atoms with E-state index in [1.165, 1.54) is 0 Å². The van der Waals surface area contributed by atoms with Crippen LogP contribution in [-0.2, 0) is 22.6 Å². The van der Waals surface area contributed by atoms with Gasteiger partial charge in [-0.05, 0) is 27.4 Å². The lowest BCUT2D eigenvalue weighted by molar-refractivity contribution is -0.129. The van der Waals surface area contributed by atoms with Gasteiger partial charge >= 0.3 is 0 Å². The zero-order valence-corrected chi connectivity index (χ0v) is 15.2. The fourth-order valence-electron chi connectivity index (χ4n) is 2.60. The predicted octanol–water partition coefficient (Wildman–Crippen LogP) is 1.04. The normalized spacial score (nSPS) is 18.0. The standard InChI is InChI=1S/C16H26N4O2S/c1-5-14-18-11(2)13(23-14)9-17-16(22)12-8-15(21)20(10-12)7-6-19(3)4/h12H,5-10H2,1-4H3,(H,17,22). The molecule has 128 valence electrons. The molecule has 1 atom stereocenters. The molecule has 1 fully saturated rings. The van der Waals surface area contributed by atoms with Gasteiger partial charge in [-0.3, -0.25) is 9.59 Å². The summed E-state index contributed by atoms with van der Waals surface area (Å²) >= 11 is 1.65. The maximum Gasteiger partial charge on any atom is 0.225 e. The minimum Gasteiger partial charge on any atom is -0.351 e. The summed E-state index contributed by atoms with van der Waals surface area (Å²) in [5.41, 5.74) is 0.988.